The van der Waals surface area contributed by atoms with Gasteiger partial charge in [-0.2, -0.15) is 0 Å². The zero-order chi connectivity index (χ0) is 23.9. The van der Waals surface area contributed by atoms with Gasteiger partial charge in [-0.3, -0.25) is 15.0 Å². The average molecular weight is 458 g/mol. The van der Waals surface area contributed by atoms with Gasteiger partial charge in [0.15, 0.2) is 0 Å². The Kier molecular flexibility index (Phi) is 7.19. The number of hydrogen-bond donors (Lipinski definition) is 4. The third kappa shape index (κ3) is 5.60. The van der Waals surface area contributed by atoms with Crippen molar-refractivity contribution in [2.45, 2.75) is 6.04 Å². The van der Waals surface area contributed by atoms with Crippen molar-refractivity contribution in [2.75, 3.05) is 36.9 Å². The van der Waals surface area contributed by atoms with Crippen LogP contribution in [0.4, 0.5) is 11.4 Å². The number of nitrogens with one attached hydrogen (secondary N) is 3. The van der Waals surface area contributed by atoms with E-state index >= 15 is 0 Å². The van der Waals surface area contributed by atoms with Crippen molar-refractivity contribution in [3.8, 4) is 0 Å². The monoisotopic (exact) mass is 457 g/mol. The number of morpholine rings is 1. The van der Waals surface area contributed by atoms with E-state index in [1.165, 1.54) is 0 Å². The van der Waals surface area contributed by atoms with E-state index in [4.69, 9.17) is 15.9 Å². The highest BCUT2D eigenvalue weighted by Crippen LogP contribution is 2.23. The van der Waals surface area contributed by atoms with Gasteiger partial charge in [0.05, 0.1) is 13.2 Å². The lowest BCUT2D eigenvalue weighted by atomic mass is 10.0. The first-order valence-electron chi connectivity index (χ1n) is 11.0. The fourth-order valence-corrected chi connectivity index (χ4v) is 3.75. The van der Waals surface area contributed by atoms with E-state index in [-0.39, 0.29) is 17.6 Å². The molecule has 0 aromatic heterocycles. The minimum atomic E-state index is -0.682. The van der Waals surface area contributed by atoms with Crippen LogP contribution in [0.5, 0.6) is 0 Å². The van der Waals surface area contributed by atoms with Crippen LogP contribution in [0.3, 0.4) is 0 Å². The molecule has 0 bridgehead atoms. The largest absolute Gasteiger partial charge is 0.384 e. The minimum absolute atomic E-state index is 0.0453. The first-order chi connectivity index (χ1) is 16.5. The number of amides is 2. The molecule has 8 nitrogen and oxygen atoms in total. The summed E-state index contributed by atoms with van der Waals surface area (Å²) in [5.74, 6) is -0.349. The van der Waals surface area contributed by atoms with E-state index in [0.717, 1.165) is 5.56 Å². The van der Waals surface area contributed by atoms with Crippen molar-refractivity contribution in [1.82, 2.24) is 4.90 Å². The Bertz CT molecular complexity index is 1160. The number of nitrogens with two attached hydrogens (primary N) is 1. The van der Waals surface area contributed by atoms with Crippen LogP contribution in [-0.2, 0) is 9.53 Å². The van der Waals surface area contributed by atoms with Crippen molar-refractivity contribution in [3.63, 3.8) is 0 Å². The summed E-state index contributed by atoms with van der Waals surface area (Å²) in [6.45, 7) is 2.24. The second-order valence-corrected chi connectivity index (χ2v) is 7.95. The first kappa shape index (κ1) is 23.0. The maximum atomic E-state index is 13.3. The van der Waals surface area contributed by atoms with E-state index in [2.05, 4.69) is 10.6 Å². The molecular weight excluding hydrogens is 430 g/mol. The third-order valence-electron chi connectivity index (χ3n) is 5.58. The Balaban J connectivity index is 1.50. The van der Waals surface area contributed by atoms with Crippen LogP contribution >= 0.6 is 0 Å². The Labute approximate surface area is 198 Å². The summed E-state index contributed by atoms with van der Waals surface area (Å²) in [4.78, 5) is 27.7. The molecule has 0 saturated carbocycles. The maximum Gasteiger partial charge on any atom is 0.254 e. The number of carbonyl (C=O) groups is 2. The van der Waals surface area contributed by atoms with Gasteiger partial charge in [0.1, 0.15) is 11.9 Å². The lowest BCUT2D eigenvalue weighted by molar-refractivity contribution is -0.117. The molecule has 0 spiro atoms. The quantitative estimate of drug-likeness (QED) is 0.321. The Morgan fingerprint density at radius 2 is 1.59 bits per heavy atom. The van der Waals surface area contributed by atoms with Gasteiger partial charge in [-0.15, -0.1) is 0 Å². The molecule has 1 fully saturated rings. The second kappa shape index (κ2) is 10.6. The van der Waals surface area contributed by atoms with Crippen molar-refractivity contribution in [3.05, 3.63) is 95.6 Å². The number of nitrogens with zero attached hydrogens (tertiary/aromatic N) is 1. The summed E-state index contributed by atoms with van der Waals surface area (Å²) in [6.07, 6.45) is 0. The molecule has 8 heteroatoms. The minimum Gasteiger partial charge on any atom is -0.384 e. The first-order valence-corrected chi connectivity index (χ1v) is 11.0. The van der Waals surface area contributed by atoms with E-state index in [9.17, 15) is 9.59 Å². The van der Waals surface area contributed by atoms with Gasteiger partial charge in [0.2, 0.25) is 0 Å². The highest BCUT2D eigenvalue weighted by Gasteiger charge is 2.22. The Hall–Kier alpha value is -4.17. The SMILES string of the molecule is N=C(N)c1cccc(NC(C(=O)Nc2ccc(C(=O)N3CCOCC3)cc2)c2ccccc2)c1. The van der Waals surface area contributed by atoms with Crippen LogP contribution in [0.15, 0.2) is 78.9 Å². The zero-order valence-electron chi connectivity index (χ0n) is 18.7. The number of rotatable bonds is 7. The van der Waals surface area contributed by atoms with Gasteiger partial charge in [-0.25, -0.2) is 0 Å². The zero-order valence-corrected chi connectivity index (χ0v) is 18.7. The molecule has 1 aliphatic rings. The number of benzene rings is 3. The molecule has 0 aliphatic carbocycles. The molecule has 3 aromatic carbocycles. The van der Waals surface area contributed by atoms with Crippen molar-refractivity contribution in [1.29, 1.82) is 5.41 Å². The number of nitrogen functional groups attached to an aromatic ring is 1. The average Bonchev–Trinajstić information content (AvgIpc) is 2.88. The second-order valence-electron chi connectivity index (χ2n) is 7.95. The number of hydrogen-bond acceptors (Lipinski definition) is 5. The molecule has 4 rings (SSSR count). The van der Waals surface area contributed by atoms with Gasteiger partial charge in [-0.1, -0.05) is 42.5 Å². The van der Waals surface area contributed by atoms with Crippen LogP contribution in [0.25, 0.3) is 0 Å². The summed E-state index contributed by atoms with van der Waals surface area (Å²) in [7, 11) is 0. The summed E-state index contributed by atoms with van der Waals surface area (Å²) in [6, 6.07) is 22.7. The molecular formula is C26H27N5O3. The van der Waals surface area contributed by atoms with E-state index in [1.807, 2.05) is 36.4 Å². The molecule has 0 radical (unpaired) electrons. The molecule has 34 heavy (non-hydrogen) atoms. The Morgan fingerprint density at radius 1 is 0.882 bits per heavy atom. The van der Waals surface area contributed by atoms with E-state index in [1.54, 1.807) is 47.4 Å². The third-order valence-corrected chi connectivity index (χ3v) is 5.58. The highest BCUT2D eigenvalue weighted by atomic mass is 16.5. The molecule has 174 valence electrons. The lowest BCUT2D eigenvalue weighted by Gasteiger charge is -2.27. The fourth-order valence-electron chi connectivity index (χ4n) is 3.75. The number of anilines is 2. The Morgan fingerprint density at radius 3 is 2.26 bits per heavy atom. The van der Waals surface area contributed by atoms with Crippen LogP contribution < -0.4 is 16.4 Å². The van der Waals surface area contributed by atoms with Crippen LogP contribution in [-0.4, -0.2) is 48.9 Å². The van der Waals surface area contributed by atoms with Crippen LogP contribution in [0, 0.1) is 5.41 Å². The van der Waals surface area contributed by atoms with Crippen molar-refractivity contribution >= 4 is 29.0 Å². The molecule has 2 amide bonds. The maximum absolute atomic E-state index is 13.3. The number of amidine groups is 1. The normalized spacial score (nSPS) is 14.2. The summed E-state index contributed by atoms with van der Waals surface area (Å²) in [5.41, 5.74) is 8.79. The summed E-state index contributed by atoms with van der Waals surface area (Å²) >= 11 is 0. The highest BCUT2D eigenvalue weighted by molar-refractivity contribution is 5.99. The predicted octanol–water partition coefficient (Wildman–Crippen LogP) is 3.23. The van der Waals surface area contributed by atoms with Gasteiger partial charge in [0.25, 0.3) is 11.8 Å². The molecule has 1 heterocycles. The van der Waals surface area contributed by atoms with Crippen LogP contribution in [0.2, 0.25) is 0 Å². The number of ether oxygens (including phenoxy) is 1. The fraction of sp³-hybridized carbons (Fsp3) is 0.192. The lowest BCUT2D eigenvalue weighted by Crippen LogP contribution is -2.40. The molecule has 1 saturated heterocycles. The summed E-state index contributed by atoms with van der Waals surface area (Å²) in [5, 5.41) is 13.8. The molecule has 1 atom stereocenters. The predicted molar refractivity (Wildman–Crippen MR) is 132 cm³/mol. The van der Waals surface area contributed by atoms with E-state index in [0.29, 0.717) is 48.8 Å². The van der Waals surface area contributed by atoms with Gasteiger partial charge in [0, 0.05) is 35.6 Å². The number of carbonyl (C=O) groups excluding carboxylic acids is 2. The van der Waals surface area contributed by atoms with Crippen molar-refractivity contribution in [2.24, 2.45) is 5.73 Å². The van der Waals surface area contributed by atoms with Crippen molar-refractivity contribution < 1.29 is 14.3 Å². The molecule has 5 N–H and O–H groups in total. The van der Waals surface area contributed by atoms with Gasteiger partial charge >= 0.3 is 0 Å². The topological polar surface area (TPSA) is 121 Å². The van der Waals surface area contributed by atoms with Crippen LogP contribution in [0.1, 0.15) is 27.5 Å². The summed E-state index contributed by atoms with van der Waals surface area (Å²) < 4.78 is 5.30. The molecule has 3 aromatic rings. The smallest absolute Gasteiger partial charge is 0.254 e. The van der Waals surface area contributed by atoms with Gasteiger partial charge in [-0.05, 0) is 42.0 Å². The molecule has 1 aliphatic heterocycles. The van der Waals surface area contributed by atoms with E-state index < -0.39 is 6.04 Å². The molecule has 1 unspecified atom stereocenters. The standard InChI is InChI=1S/C26H27N5O3/c27-24(28)20-7-4-8-22(17-20)29-23(18-5-2-1-3-6-18)25(32)30-21-11-9-19(10-12-21)26(33)31-13-15-34-16-14-31/h1-12,17,23,29H,13-16H2,(H3,27,28)(H,30,32). The van der Waals surface area contributed by atoms with Gasteiger partial charge < -0.3 is 26.0 Å².